The van der Waals surface area contributed by atoms with Gasteiger partial charge in [-0.25, -0.2) is 4.98 Å². The molecule has 2 unspecified atom stereocenters. The van der Waals surface area contributed by atoms with E-state index in [0.717, 1.165) is 30.3 Å². The number of nitrogens with zero attached hydrogens (tertiary/aromatic N) is 3. The predicted octanol–water partition coefficient (Wildman–Crippen LogP) is 2.95. The van der Waals surface area contributed by atoms with Gasteiger partial charge in [0.25, 0.3) is 0 Å². The molecule has 2 aromatic rings. The summed E-state index contributed by atoms with van der Waals surface area (Å²) in [7, 11) is 4.32. The van der Waals surface area contributed by atoms with Gasteiger partial charge in [-0.2, -0.15) is 0 Å². The third-order valence-electron chi connectivity index (χ3n) is 5.66. The number of rotatable bonds is 3. The van der Waals surface area contributed by atoms with Crippen molar-refractivity contribution in [2.45, 2.75) is 30.5 Å². The molecule has 1 aliphatic carbocycles. The van der Waals surface area contributed by atoms with Crippen LogP contribution in [0.3, 0.4) is 0 Å². The number of aromatic nitrogens is 2. The van der Waals surface area contributed by atoms with Crippen molar-refractivity contribution in [3.05, 3.63) is 41.7 Å². The average Bonchev–Trinajstić information content (AvgIpc) is 2.97. The lowest BCUT2D eigenvalue weighted by atomic mass is 9.73. The first-order chi connectivity index (χ1) is 11.6. The summed E-state index contributed by atoms with van der Waals surface area (Å²) in [6.07, 6.45) is 7.21. The number of piperidine rings is 1. The first-order valence-electron chi connectivity index (χ1n) is 8.72. The molecule has 24 heavy (non-hydrogen) atoms. The van der Waals surface area contributed by atoms with Crippen LogP contribution >= 0.6 is 11.8 Å². The second kappa shape index (κ2) is 6.45. The highest BCUT2D eigenvalue weighted by atomic mass is 32.2. The van der Waals surface area contributed by atoms with E-state index >= 15 is 0 Å². The van der Waals surface area contributed by atoms with Gasteiger partial charge in [-0.3, -0.25) is 0 Å². The van der Waals surface area contributed by atoms with Gasteiger partial charge in [-0.1, -0.05) is 23.9 Å². The van der Waals surface area contributed by atoms with Gasteiger partial charge in [0.05, 0.1) is 0 Å². The van der Waals surface area contributed by atoms with Crippen molar-refractivity contribution in [1.29, 1.82) is 0 Å². The lowest BCUT2D eigenvalue weighted by molar-refractivity contribution is 0.0792. The van der Waals surface area contributed by atoms with Crippen LogP contribution in [0.15, 0.2) is 35.7 Å². The van der Waals surface area contributed by atoms with Crippen molar-refractivity contribution in [3.63, 3.8) is 0 Å². The molecule has 128 valence electrons. The molecule has 1 saturated heterocycles. The van der Waals surface area contributed by atoms with Gasteiger partial charge in [0.1, 0.15) is 5.75 Å². The number of likely N-dealkylation sites (N-methyl/N-ethyl adjacent to an activating group) is 1. The molecule has 5 heteroatoms. The Kier molecular flexibility index (Phi) is 4.31. The quantitative estimate of drug-likeness (QED) is 0.870. The highest BCUT2D eigenvalue weighted by Gasteiger charge is 2.38. The van der Waals surface area contributed by atoms with E-state index in [1.54, 1.807) is 0 Å². The van der Waals surface area contributed by atoms with E-state index in [1.165, 1.54) is 17.5 Å². The van der Waals surface area contributed by atoms with Crippen LogP contribution in [0.1, 0.15) is 17.5 Å². The van der Waals surface area contributed by atoms with Crippen molar-refractivity contribution < 1.29 is 5.11 Å². The van der Waals surface area contributed by atoms with Gasteiger partial charge < -0.3 is 14.6 Å². The number of hydrogen-bond acceptors (Lipinski definition) is 4. The molecule has 1 aromatic carbocycles. The Labute approximate surface area is 147 Å². The molecule has 3 atom stereocenters. The van der Waals surface area contributed by atoms with E-state index in [4.69, 9.17) is 0 Å². The second-order valence-corrected chi connectivity index (χ2v) is 8.31. The van der Waals surface area contributed by atoms with Crippen molar-refractivity contribution >= 4 is 11.8 Å². The van der Waals surface area contributed by atoms with E-state index in [0.29, 0.717) is 23.6 Å². The molecule has 0 spiro atoms. The summed E-state index contributed by atoms with van der Waals surface area (Å²) >= 11 is 1.87. The van der Waals surface area contributed by atoms with Crippen LogP contribution in [-0.2, 0) is 19.9 Å². The maximum atomic E-state index is 10.2. The average molecular weight is 343 g/mol. The van der Waals surface area contributed by atoms with Gasteiger partial charge in [0.15, 0.2) is 5.16 Å². The molecule has 2 aliphatic rings. The Morgan fingerprint density at radius 3 is 2.96 bits per heavy atom. The summed E-state index contributed by atoms with van der Waals surface area (Å²) in [5.41, 5.74) is 2.52. The number of likely N-dealkylation sites (tertiary alicyclic amines) is 1. The number of aryl methyl sites for hydroxylation is 1. The first-order valence-corrected chi connectivity index (χ1v) is 9.70. The number of benzene rings is 1. The van der Waals surface area contributed by atoms with Crippen LogP contribution in [0.2, 0.25) is 0 Å². The summed E-state index contributed by atoms with van der Waals surface area (Å²) in [6.45, 7) is 1.16. The third-order valence-corrected chi connectivity index (χ3v) is 6.95. The summed E-state index contributed by atoms with van der Waals surface area (Å²) in [5.74, 6) is 2.94. The predicted molar refractivity (Wildman–Crippen MR) is 97.5 cm³/mol. The van der Waals surface area contributed by atoms with Gasteiger partial charge in [0, 0.05) is 37.8 Å². The largest absolute Gasteiger partial charge is 0.508 e. The first kappa shape index (κ1) is 16.0. The van der Waals surface area contributed by atoms with Crippen LogP contribution in [0.5, 0.6) is 5.75 Å². The highest BCUT2D eigenvalue weighted by Crippen LogP contribution is 2.40. The molecular formula is C19H25N3OS. The topological polar surface area (TPSA) is 41.3 Å². The number of aromatic hydroxyl groups is 1. The van der Waals surface area contributed by atoms with E-state index < -0.39 is 0 Å². The monoisotopic (exact) mass is 343 g/mol. The van der Waals surface area contributed by atoms with Gasteiger partial charge in [-0.15, -0.1) is 0 Å². The maximum absolute atomic E-state index is 10.2. The summed E-state index contributed by atoms with van der Waals surface area (Å²) in [6, 6.07) is 6.61. The number of phenols is 1. The van der Waals surface area contributed by atoms with Crippen molar-refractivity contribution in [1.82, 2.24) is 14.5 Å². The Bertz CT molecular complexity index is 729. The summed E-state index contributed by atoms with van der Waals surface area (Å²) < 4.78 is 2.09. The fourth-order valence-electron chi connectivity index (χ4n) is 4.44. The van der Waals surface area contributed by atoms with Crippen LogP contribution in [0, 0.1) is 11.8 Å². The highest BCUT2D eigenvalue weighted by molar-refractivity contribution is 7.99. The number of imidazole rings is 1. The minimum Gasteiger partial charge on any atom is -0.508 e. The zero-order valence-corrected chi connectivity index (χ0v) is 15.2. The van der Waals surface area contributed by atoms with E-state index in [9.17, 15) is 5.11 Å². The van der Waals surface area contributed by atoms with Crippen molar-refractivity contribution in [2.75, 3.05) is 19.3 Å². The molecule has 1 aliphatic heterocycles. The maximum Gasteiger partial charge on any atom is 0.167 e. The van der Waals surface area contributed by atoms with Crippen molar-refractivity contribution in [3.8, 4) is 5.75 Å². The normalized spacial score (nSPS) is 26.8. The molecule has 1 N–H and O–H groups in total. The summed E-state index contributed by atoms with van der Waals surface area (Å²) in [5, 5.41) is 11.3. The lowest BCUT2D eigenvalue weighted by Gasteiger charge is -2.46. The molecule has 0 amide bonds. The third kappa shape index (κ3) is 2.95. The molecule has 1 aromatic heterocycles. The van der Waals surface area contributed by atoms with E-state index in [2.05, 4.69) is 34.6 Å². The molecule has 0 saturated carbocycles. The zero-order valence-electron chi connectivity index (χ0n) is 14.4. The molecule has 0 bridgehead atoms. The Morgan fingerprint density at radius 1 is 1.29 bits per heavy atom. The van der Waals surface area contributed by atoms with Gasteiger partial charge in [0.2, 0.25) is 0 Å². The Hall–Kier alpha value is -1.46. The number of hydrogen-bond donors (Lipinski definition) is 1. The van der Waals surface area contributed by atoms with E-state index in [-0.39, 0.29) is 0 Å². The van der Waals surface area contributed by atoms with Crippen LogP contribution in [0.25, 0.3) is 0 Å². The van der Waals surface area contributed by atoms with Crippen LogP contribution in [-0.4, -0.2) is 44.9 Å². The fraction of sp³-hybridized carbons (Fsp3) is 0.526. The zero-order chi connectivity index (χ0) is 16.7. The molecular weight excluding hydrogens is 318 g/mol. The number of phenolic OH excluding ortho intramolecular Hbond substituents is 1. The number of fused-ring (bicyclic) bond motifs is 2. The lowest BCUT2D eigenvalue weighted by Crippen LogP contribution is -2.50. The fourth-order valence-corrected chi connectivity index (χ4v) is 5.47. The molecule has 2 heterocycles. The van der Waals surface area contributed by atoms with E-state index in [1.807, 2.05) is 36.3 Å². The molecule has 4 rings (SSSR count). The van der Waals surface area contributed by atoms with Crippen LogP contribution in [0.4, 0.5) is 0 Å². The molecule has 4 nitrogen and oxygen atoms in total. The molecule has 1 fully saturated rings. The standard InChI is InChI=1S/C19H25N3OS/c1-21-7-6-20-19(21)24-12-13-8-15-9-16-14(4-3-5-18(16)23)10-17(15)22(2)11-13/h3-7,13,15,17,23H,8-12H2,1-2H3/t13-,15?,17?/m1/s1. The van der Waals surface area contributed by atoms with Crippen molar-refractivity contribution in [2.24, 2.45) is 18.9 Å². The number of thioether (sulfide) groups is 1. The SMILES string of the molecule is CN1C[C@H](CSc2nccn2C)CC2Cc3c(O)cccc3CC21. The molecule has 0 radical (unpaired) electrons. The Morgan fingerprint density at radius 2 is 2.17 bits per heavy atom. The van der Waals surface area contributed by atoms with Gasteiger partial charge in [-0.05, 0) is 55.3 Å². The smallest absolute Gasteiger partial charge is 0.167 e. The minimum absolute atomic E-state index is 0.484. The minimum atomic E-state index is 0.484. The second-order valence-electron chi connectivity index (χ2n) is 7.32. The van der Waals surface area contributed by atoms with Gasteiger partial charge >= 0.3 is 0 Å². The summed E-state index contributed by atoms with van der Waals surface area (Å²) in [4.78, 5) is 6.97. The van der Waals surface area contributed by atoms with Crippen LogP contribution < -0.4 is 0 Å². The Balaban J connectivity index is 1.46.